The molecule has 0 aliphatic carbocycles. The third-order valence-corrected chi connectivity index (χ3v) is 4.99. The zero-order valence-corrected chi connectivity index (χ0v) is 19.0. The Morgan fingerprint density at radius 3 is 2.15 bits per heavy atom. The van der Waals surface area contributed by atoms with E-state index in [0.717, 1.165) is 23.8 Å². The number of nitro benzene ring substituents is 2. The summed E-state index contributed by atoms with van der Waals surface area (Å²) < 4.78 is 10.4. The molecular weight excluding hydrogens is 465 g/mol. The van der Waals surface area contributed by atoms with Gasteiger partial charge in [-0.2, -0.15) is 0 Å². The van der Waals surface area contributed by atoms with Gasteiger partial charge in [0.1, 0.15) is 27.4 Å². The first-order chi connectivity index (χ1) is 16.3. The van der Waals surface area contributed by atoms with Crippen molar-refractivity contribution in [2.75, 3.05) is 0 Å². The molecule has 0 saturated carbocycles. The third-order valence-electron chi connectivity index (χ3n) is 4.12. The largest absolute Gasteiger partial charge is 0.508 e. The Morgan fingerprint density at radius 1 is 1.00 bits per heavy atom. The molecule has 0 fully saturated rings. The van der Waals surface area contributed by atoms with Crippen molar-refractivity contribution in [3.63, 3.8) is 0 Å². The van der Waals surface area contributed by atoms with Crippen LogP contribution in [0.4, 0.5) is 11.4 Å². The van der Waals surface area contributed by atoms with Gasteiger partial charge in [-0.25, -0.2) is 0 Å². The topological polar surface area (TPSA) is 154 Å². The van der Waals surface area contributed by atoms with Gasteiger partial charge in [0, 0.05) is 6.07 Å². The molecule has 11 nitrogen and oxygen atoms in total. The van der Waals surface area contributed by atoms with Gasteiger partial charge in [0.2, 0.25) is 5.75 Å². The van der Waals surface area contributed by atoms with Gasteiger partial charge >= 0.3 is 11.7 Å². The van der Waals surface area contributed by atoms with E-state index in [1.54, 1.807) is 31.2 Å². The molecule has 0 bridgehead atoms. The molecule has 3 rings (SSSR count). The number of nitrogens with zero attached hydrogens (tertiary/aromatic N) is 2. The Bertz CT molecular complexity index is 1100. The number of non-ortho nitro benzene ring substituents is 1. The first kappa shape index (κ1) is 26.2. The maximum atomic E-state index is 11.9. The Hall–Kier alpha value is -4.08. The summed E-state index contributed by atoms with van der Waals surface area (Å²) in [6, 6.07) is 20.2. The Kier molecular flexibility index (Phi) is 10.4. The van der Waals surface area contributed by atoms with Gasteiger partial charge < -0.3 is 14.4 Å². The number of rotatable bonds is 9. The third kappa shape index (κ3) is 8.81. The average molecular weight is 487 g/mol. The molecule has 12 heteroatoms. The van der Waals surface area contributed by atoms with Crippen molar-refractivity contribution in [3.05, 3.63) is 105 Å². The molecule has 0 aliphatic rings. The second-order valence-corrected chi connectivity index (χ2v) is 7.36. The fourth-order valence-electron chi connectivity index (χ4n) is 2.36. The van der Waals surface area contributed by atoms with Crippen LogP contribution in [0.3, 0.4) is 0 Å². The van der Waals surface area contributed by atoms with Crippen molar-refractivity contribution in [2.24, 2.45) is 0 Å². The number of nitro groups is 2. The fourth-order valence-corrected chi connectivity index (χ4v) is 3.00. The summed E-state index contributed by atoms with van der Waals surface area (Å²) in [5.41, 5.74) is -0.0979. The van der Waals surface area contributed by atoms with Crippen molar-refractivity contribution in [1.82, 2.24) is 5.09 Å². The lowest BCUT2D eigenvalue weighted by molar-refractivity contribution is -0.394. The van der Waals surface area contributed by atoms with Crippen molar-refractivity contribution in [1.29, 1.82) is 0 Å². The Labute approximate surface area is 196 Å². The van der Waals surface area contributed by atoms with E-state index < -0.39 is 42.2 Å². The van der Waals surface area contributed by atoms with E-state index >= 15 is 0 Å². The van der Waals surface area contributed by atoms with E-state index in [-0.39, 0.29) is 12.4 Å². The number of ether oxygens (including phenoxy) is 1. The van der Waals surface area contributed by atoms with Crippen molar-refractivity contribution in [3.8, 4) is 11.5 Å². The monoisotopic (exact) mass is 487 g/mol. The number of para-hydroxylation sites is 1. The predicted molar refractivity (Wildman–Crippen MR) is 126 cm³/mol. The van der Waals surface area contributed by atoms with E-state index in [2.05, 4.69) is 5.09 Å². The van der Waals surface area contributed by atoms with Crippen LogP contribution in [0.5, 0.6) is 11.5 Å². The summed E-state index contributed by atoms with van der Waals surface area (Å²) in [6.45, 7) is 1.69. The molecule has 0 spiro atoms. The number of aromatic hydroxyl groups is 1. The summed E-state index contributed by atoms with van der Waals surface area (Å²) >= 11 is 0. The minimum Gasteiger partial charge on any atom is -0.508 e. The molecule has 0 saturated heterocycles. The van der Waals surface area contributed by atoms with Gasteiger partial charge in [0.05, 0.1) is 15.9 Å². The SMILES string of the molecule is CC(NPOc1ccc([N+](=O)[O-])cc1[N+](=O)[O-])C(=O)OCc1ccccc1.Oc1ccccc1. The number of benzene rings is 3. The summed E-state index contributed by atoms with van der Waals surface area (Å²) in [7, 11) is -0.491. The Morgan fingerprint density at radius 2 is 1.62 bits per heavy atom. The van der Waals surface area contributed by atoms with Gasteiger partial charge in [-0.05, 0) is 30.7 Å². The number of phenols is 1. The maximum absolute atomic E-state index is 11.9. The van der Waals surface area contributed by atoms with E-state index in [1.807, 2.05) is 36.4 Å². The molecule has 2 atom stereocenters. The van der Waals surface area contributed by atoms with Crippen LogP contribution in [0.2, 0.25) is 0 Å². The normalized spacial score (nSPS) is 11.2. The predicted octanol–water partition coefficient (Wildman–Crippen LogP) is 4.50. The first-order valence-corrected chi connectivity index (χ1v) is 10.7. The number of hydrogen-bond acceptors (Lipinski definition) is 9. The first-order valence-electron chi connectivity index (χ1n) is 9.82. The smallest absolute Gasteiger partial charge is 0.323 e. The zero-order chi connectivity index (χ0) is 24.9. The molecule has 2 unspecified atom stereocenters. The number of carbonyl (C=O) groups is 1. The lowest BCUT2D eigenvalue weighted by Crippen LogP contribution is -2.30. The van der Waals surface area contributed by atoms with Gasteiger partial charge in [-0.1, -0.05) is 48.5 Å². The second-order valence-electron chi connectivity index (χ2n) is 6.67. The minimum absolute atomic E-state index is 0.128. The highest BCUT2D eigenvalue weighted by Gasteiger charge is 2.21. The van der Waals surface area contributed by atoms with Gasteiger partial charge in [0.15, 0.2) is 0 Å². The lowest BCUT2D eigenvalue weighted by atomic mass is 10.2. The van der Waals surface area contributed by atoms with Crippen molar-refractivity contribution in [2.45, 2.75) is 19.6 Å². The molecular formula is C22H22N3O8P. The van der Waals surface area contributed by atoms with E-state index in [1.165, 1.54) is 0 Å². The minimum atomic E-state index is -0.773. The van der Waals surface area contributed by atoms with Gasteiger partial charge in [-0.3, -0.25) is 30.1 Å². The molecule has 178 valence electrons. The van der Waals surface area contributed by atoms with E-state index in [0.29, 0.717) is 5.75 Å². The number of phenolic OH excluding ortho intramolecular Hbond substituents is 1. The van der Waals surface area contributed by atoms with Crippen molar-refractivity contribution >= 4 is 26.3 Å². The molecule has 0 amide bonds. The molecule has 2 N–H and O–H groups in total. The van der Waals surface area contributed by atoms with Crippen LogP contribution in [0.25, 0.3) is 0 Å². The van der Waals surface area contributed by atoms with Crippen LogP contribution in [0.15, 0.2) is 78.9 Å². The molecule has 34 heavy (non-hydrogen) atoms. The highest BCUT2D eigenvalue weighted by atomic mass is 31.1. The Balaban J connectivity index is 0.000000497. The molecule has 0 aliphatic heterocycles. The van der Waals surface area contributed by atoms with Gasteiger partial charge in [0.25, 0.3) is 5.69 Å². The summed E-state index contributed by atoms with van der Waals surface area (Å²) in [5, 5.41) is 33.1. The van der Waals surface area contributed by atoms with Crippen molar-refractivity contribution < 1.29 is 29.0 Å². The molecule has 3 aromatic rings. The molecule has 0 aromatic heterocycles. The van der Waals surface area contributed by atoms with Crippen LogP contribution < -0.4 is 9.61 Å². The second kappa shape index (κ2) is 13.5. The number of hydrogen-bond donors (Lipinski definition) is 2. The highest BCUT2D eigenvalue weighted by Crippen LogP contribution is 2.33. The number of carbonyl (C=O) groups excluding carboxylic acids is 1. The van der Waals surface area contributed by atoms with Crippen LogP contribution in [0.1, 0.15) is 12.5 Å². The van der Waals surface area contributed by atoms with Crippen LogP contribution in [-0.2, 0) is 16.1 Å². The van der Waals surface area contributed by atoms with Crippen LogP contribution >= 0.6 is 8.96 Å². The van der Waals surface area contributed by atoms with Crippen LogP contribution in [0, 0.1) is 20.2 Å². The highest BCUT2D eigenvalue weighted by molar-refractivity contribution is 7.30. The maximum Gasteiger partial charge on any atom is 0.323 e. The molecule has 0 heterocycles. The quantitative estimate of drug-likeness (QED) is 0.192. The molecule has 3 aromatic carbocycles. The van der Waals surface area contributed by atoms with E-state index in [4.69, 9.17) is 14.4 Å². The zero-order valence-electron chi connectivity index (χ0n) is 18.0. The standard InChI is InChI=1S/C16H16N3O7P.C6H6O/c1-11(16(20)25-10-12-5-3-2-4-6-12)17-27-26-15-8-7-13(18(21)22)9-14(15)19(23)24;7-6-4-2-1-3-5-6/h2-9,11,17,27H,10H2,1H3;1-5,7H. The molecule has 0 radical (unpaired) electrons. The summed E-state index contributed by atoms with van der Waals surface area (Å²) in [6.07, 6.45) is 0. The summed E-state index contributed by atoms with van der Waals surface area (Å²) in [5.74, 6) is -0.322. The van der Waals surface area contributed by atoms with Crippen LogP contribution in [-0.4, -0.2) is 27.0 Å². The lowest BCUT2D eigenvalue weighted by Gasteiger charge is -2.13. The van der Waals surface area contributed by atoms with E-state index in [9.17, 15) is 25.0 Å². The number of nitrogens with one attached hydrogen (secondary N) is 1. The summed E-state index contributed by atoms with van der Waals surface area (Å²) in [4.78, 5) is 32.2. The number of esters is 1. The fraction of sp³-hybridized carbons (Fsp3) is 0.136. The van der Waals surface area contributed by atoms with Gasteiger partial charge in [-0.15, -0.1) is 0 Å². The average Bonchev–Trinajstić information content (AvgIpc) is 2.84.